The van der Waals surface area contributed by atoms with Gasteiger partial charge in [0.25, 0.3) is 0 Å². The minimum Gasteiger partial charge on any atom is -0.371 e. The number of hydrogen-bond donors (Lipinski definition) is 0. The molecule has 0 aliphatic carbocycles. The summed E-state index contributed by atoms with van der Waals surface area (Å²) in [7, 11) is 2.68. The van der Waals surface area contributed by atoms with Gasteiger partial charge in [-0.1, -0.05) is 0 Å². The van der Waals surface area contributed by atoms with Gasteiger partial charge in [-0.25, -0.2) is 28.1 Å². The lowest BCUT2D eigenvalue weighted by atomic mass is 10.5. The van der Waals surface area contributed by atoms with Crippen LogP contribution < -0.4 is 17.1 Å². The van der Waals surface area contributed by atoms with Crippen molar-refractivity contribution in [2.45, 2.75) is 12.6 Å². The van der Waals surface area contributed by atoms with Crippen molar-refractivity contribution in [3.63, 3.8) is 0 Å². The van der Waals surface area contributed by atoms with Gasteiger partial charge in [-0.2, -0.15) is 0 Å². The monoisotopic (exact) mass is 213 g/mol. The van der Waals surface area contributed by atoms with Crippen LogP contribution in [0.5, 0.6) is 0 Å². The van der Waals surface area contributed by atoms with Crippen LogP contribution in [-0.2, 0) is 25.4 Å². The average Bonchev–Trinajstić information content (AvgIpc) is 3.02. The normalized spacial score (nSPS) is 19.2. The van der Waals surface area contributed by atoms with Crippen LogP contribution in [0.3, 0.4) is 0 Å². The van der Waals surface area contributed by atoms with Crippen molar-refractivity contribution in [3.05, 3.63) is 31.5 Å². The van der Waals surface area contributed by atoms with E-state index in [1.165, 1.54) is 14.1 Å². The van der Waals surface area contributed by atoms with Gasteiger partial charge in [0.2, 0.25) is 0 Å². The second-order valence-electron chi connectivity index (χ2n) is 3.53. The molecule has 7 heteroatoms. The number of epoxide rings is 1. The van der Waals surface area contributed by atoms with Crippen molar-refractivity contribution in [2.24, 2.45) is 14.1 Å². The summed E-state index contributed by atoms with van der Waals surface area (Å²) in [5.74, 6) is 0. The molecule has 1 saturated heterocycles. The Morgan fingerprint density at radius 2 is 1.60 bits per heavy atom. The molecule has 0 radical (unpaired) electrons. The minimum absolute atomic E-state index is 0.0760. The van der Waals surface area contributed by atoms with Gasteiger partial charge in [0.15, 0.2) is 0 Å². The van der Waals surface area contributed by atoms with Crippen molar-refractivity contribution in [1.29, 1.82) is 0 Å². The maximum Gasteiger partial charge on any atom is 0.336 e. The van der Waals surface area contributed by atoms with E-state index in [1.807, 2.05) is 0 Å². The van der Waals surface area contributed by atoms with Crippen LogP contribution in [0.15, 0.2) is 14.4 Å². The van der Waals surface area contributed by atoms with Gasteiger partial charge in [-0.15, -0.1) is 0 Å². The van der Waals surface area contributed by atoms with E-state index in [2.05, 4.69) is 0 Å². The second-order valence-corrected chi connectivity index (χ2v) is 3.53. The summed E-state index contributed by atoms with van der Waals surface area (Å²) >= 11 is 0. The zero-order valence-corrected chi connectivity index (χ0v) is 8.47. The lowest BCUT2D eigenvalue weighted by Crippen LogP contribution is -2.53. The third-order valence-corrected chi connectivity index (χ3v) is 2.40. The highest BCUT2D eigenvalue weighted by molar-refractivity contribution is 4.80. The Morgan fingerprint density at radius 3 is 2.00 bits per heavy atom. The first kappa shape index (κ1) is 9.91. The standard InChI is InChI=1S/C8H11N3O4/c1-9-6(12)10(2)8(14)11(7(9)13)3-5-4-15-5/h5H,3-4H2,1-2H3. The van der Waals surface area contributed by atoms with E-state index < -0.39 is 17.1 Å². The molecule has 0 saturated carbocycles. The van der Waals surface area contributed by atoms with E-state index in [4.69, 9.17) is 4.74 Å². The zero-order chi connectivity index (χ0) is 11.2. The summed E-state index contributed by atoms with van der Waals surface area (Å²) in [6.07, 6.45) is -0.0760. The Hall–Kier alpha value is -1.63. The molecule has 1 aromatic heterocycles. The van der Waals surface area contributed by atoms with Crippen LogP contribution in [0.25, 0.3) is 0 Å². The molecule has 0 amide bonds. The molecule has 82 valence electrons. The molecule has 1 aliphatic heterocycles. The highest BCUT2D eigenvalue weighted by Gasteiger charge is 2.25. The predicted octanol–water partition coefficient (Wildman–Crippen LogP) is -2.36. The fraction of sp³-hybridized carbons (Fsp3) is 0.625. The van der Waals surface area contributed by atoms with Crippen LogP contribution in [0.4, 0.5) is 0 Å². The van der Waals surface area contributed by atoms with Crippen LogP contribution in [0, 0.1) is 0 Å². The molecule has 2 heterocycles. The third kappa shape index (κ3) is 1.54. The van der Waals surface area contributed by atoms with E-state index in [-0.39, 0.29) is 12.6 Å². The second kappa shape index (κ2) is 3.20. The molecule has 1 aromatic rings. The maximum atomic E-state index is 11.6. The quantitative estimate of drug-likeness (QED) is 0.515. The zero-order valence-electron chi connectivity index (χ0n) is 8.47. The van der Waals surface area contributed by atoms with Gasteiger partial charge >= 0.3 is 17.1 Å². The largest absolute Gasteiger partial charge is 0.371 e. The van der Waals surface area contributed by atoms with Crippen LogP contribution in [0.2, 0.25) is 0 Å². The highest BCUT2D eigenvalue weighted by atomic mass is 16.6. The van der Waals surface area contributed by atoms with Crippen molar-refractivity contribution in [2.75, 3.05) is 6.61 Å². The molecular weight excluding hydrogens is 202 g/mol. The molecule has 0 N–H and O–H groups in total. The first-order valence-corrected chi connectivity index (χ1v) is 4.51. The molecular formula is C8H11N3O4. The summed E-state index contributed by atoms with van der Waals surface area (Å²) in [6, 6.07) is 0. The summed E-state index contributed by atoms with van der Waals surface area (Å²) in [5, 5.41) is 0. The molecule has 0 bridgehead atoms. The van der Waals surface area contributed by atoms with Crippen molar-refractivity contribution < 1.29 is 4.74 Å². The Morgan fingerprint density at radius 1 is 1.13 bits per heavy atom. The van der Waals surface area contributed by atoms with Gasteiger partial charge in [0.05, 0.1) is 19.3 Å². The Labute approximate surface area is 84.1 Å². The van der Waals surface area contributed by atoms with E-state index in [9.17, 15) is 14.4 Å². The first-order valence-electron chi connectivity index (χ1n) is 4.51. The number of hydrogen-bond acceptors (Lipinski definition) is 4. The van der Waals surface area contributed by atoms with Crippen molar-refractivity contribution in [3.8, 4) is 0 Å². The number of ether oxygens (including phenoxy) is 1. The van der Waals surface area contributed by atoms with E-state index in [1.54, 1.807) is 0 Å². The van der Waals surface area contributed by atoms with Crippen LogP contribution in [-0.4, -0.2) is 26.4 Å². The summed E-state index contributed by atoms with van der Waals surface area (Å²) < 4.78 is 7.76. The fourth-order valence-corrected chi connectivity index (χ4v) is 1.37. The molecule has 0 aromatic carbocycles. The van der Waals surface area contributed by atoms with E-state index in [0.717, 1.165) is 13.7 Å². The first-order chi connectivity index (χ1) is 7.02. The minimum atomic E-state index is -0.613. The lowest BCUT2D eigenvalue weighted by molar-refractivity contribution is 0.365. The average molecular weight is 213 g/mol. The number of nitrogens with zero attached hydrogens (tertiary/aromatic N) is 3. The third-order valence-electron chi connectivity index (χ3n) is 2.40. The molecule has 1 aliphatic rings. The molecule has 0 spiro atoms. The molecule has 1 fully saturated rings. The summed E-state index contributed by atoms with van der Waals surface area (Å²) in [5.41, 5.74) is -1.81. The van der Waals surface area contributed by atoms with Gasteiger partial charge in [-0.3, -0.25) is 0 Å². The van der Waals surface area contributed by atoms with Crippen LogP contribution in [0.1, 0.15) is 0 Å². The number of rotatable bonds is 2. The highest BCUT2D eigenvalue weighted by Crippen LogP contribution is 2.08. The van der Waals surface area contributed by atoms with Gasteiger partial charge < -0.3 is 4.74 Å². The van der Waals surface area contributed by atoms with E-state index >= 15 is 0 Å². The van der Waals surface area contributed by atoms with Crippen molar-refractivity contribution in [1.82, 2.24) is 13.7 Å². The van der Waals surface area contributed by atoms with E-state index in [0.29, 0.717) is 6.61 Å². The molecule has 7 nitrogen and oxygen atoms in total. The predicted molar refractivity (Wildman–Crippen MR) is 50.9 cm³/mol. The smallest absolute Gasteiger partial charge is 0.336 e. The Bertz CT molecular complexity index is 520. The fourth-order valence-electron chi connectivity index (χ4n) is 1.37. The maximum absolute atomic E-state index is 11.6. The molecule has 1 unspecified atom stereocenters. The topological polar surface area (TPSA) is 78.5 Å². The van der Waals surface area contributed by atoms with Gasteiger partial charge in [-0.05, 0) is 0 Å². The van der Waals surface area contributed by atoms with Crippen molar-refractivity contribution >= 4 is 0 Å². The van der Waals surface area contributed by atoms with Gasteiger partial charge in [0.1, 0.15) is 0 Å². The molecule has 1 atom stereocenters. The molecule has 15 heavy (non-hydrogen) atoms. The van der Waals surface area contributed by atoms with Gasteiger partial charge in [0, 0.05) is 14.1 Å². The Kier molecular flexibility index (Phi) is 2.11. The molecule has 2 rings (SSSR count). The SMILES string of the molecule is Cn1c(=O)n(C)c(=O)n(CC2CO2)c1=O. The lowest BCUT2D eigenvalue weighted by Gasteiger charge is -2.06. The van der Waals surface area contributed by atoms with Crippen LogP contribution >= 0.6 is 0 Å². The summed E-state index contributed by atoms with van der Waals surface area (Å²) in [6.45, 7) is 0.762. The summed E-state index contributed by atoms with van der Waals surface area (Å²) in [4.78, 5) is 34.5. The Balaban J connectivity index is 2.67. The number of aromatic nitrogens is 3.